The average molecular weight is 275 g/mol. The van der Waals surface area contributed by atoms with E-state index in [0.717, 1.165) is 23.8 Å². The van der Waals surface area contributed by atoms with E-state index in [1.807, 2.05) is 17.5 Å². The molecular formula is C13H21N7. The van der Waals surface area contributed by atoms with Gasteiger partial charge in [-0.3, -0.25) is 9.81 Å². The Hall–Kier alpha value is -2.18. The maximum absolute atomic E-state index is 7.40. The summed E-state index contributed by atoms with van der Waals surface area (Å²) in [6.45, 7) is 7.70. The van der Waals surface area contributed by atoms with Gasteiger partial charge in [-0.15, -0.1) is 10.2 Å². The van der Waals surface area contributed by atoms with E-state index in [2.05, 4.69) is 33.9 Å². The molecule has 7 nitrogen and oxygen atoms in total. The Labute approximate surface area is 118 Å². The lowest BCUT2D eigenvalue weighted by atomic mass is 10.2. The number of hydrogen-bond donors (Lipinski definition) is 2. The van der Waals surface area contributed by atoms with E-state index in [1.54, 1.807) is 6.20 Å². The third-order valence-corrected chi connectivity index (χ3v) is 3.01. The van der Waals surface area contributed by atoms with Gasteiger partial charge in [-0.1, -0.05) is 13.8 Å². The second-order valence-electron chi connectivity index (χ2n) is 5.31. The van der Waals surface area contributed by atoms with Gasteiger partial charge in [-0.2, -0.15) is 0 Å². The Morgan fingerprint density at radius 2 is 2.20 bits per heavy atom. The fourth-order valence-corrected chi connectivity index (χ4v) is 2.13. The first kappa shape index (κ1) is 14.2. The highest BCUT2D eigenvalue weighted by Gasteiger charge is 2.16. The first-order valence-electron chi connectivity index (χ1n) is 6.73. The number of fused-ring (bicyclic) bond motifs is 1. The minimum atomic E-state index is 0.184. The number of nitrogens with zero attached hydrogens (tertiary/aromatic N) is 5. The van der Waals surface area contributed by atoms with Gasteiger partial charge in [-0.05, 0) is 12.8 Å². The molecule has 2 aromatic rings. The van der Waals surface area contributed by atoms with Gasteiger partial charge in [0.15, 0.2) is 5.82 Å². The molecule has 0 saturated carbocycles. The third kappa shape index (κ3) is 3.04. The Balaban J connectivity index is 2.36. The fourth-order valence-electron chi connectivity index (χ4n) is 2.13. The number of aromatic nitrogens is 4. The van der Waals surface area contributed by atoms with Crippen LogP contribution in [0.3, 0.4) is 0 Å². The topological polar surface area (TPSA) is 96.2 Å². The van der Waals surface area contributed by atoms with Gasteiger partial charge < -0.3 is 10.6 Å². The first-order chi connectivity index (χ1) is 9.49. The molecule has 0 spiro atoms. The second-order valence-corrected chi connectivity index (χ2v) is 5.31. The molecule has 0 saturated heterocycles. The van der Waals surface area contributed by atoms with Crippen molar-refractivity contribution in [2.45, 2.75) is 27.2 Å². The Bertz CT molecular complexity index is 602. The van der Waals surface area contributed by atoms with Gasteiger partial charge in [0.1, 0.15) is 5.82 Å². The zero-order valence-electron chi connectivity index (χ0n) is 12.2. The molecule has 0 unspecified atom stereocenters. The lowest BCUT2D eigenvalue weighted by molar-refractivity contribution is 0.609. The van der Waals surface area contributed by atoms with E-state index in [-0.39, 0.29) is 5.84 Å². The molecule has 0 aliphatic rings. The van der Waals surface area contributed by atoms with Crippen LogP contribution < -0.4 is 10.6 Å². The molecule has 2 aromatic heterocycles. The summed E-state index contributed by atoms with van der Waals surface area (Å²) in [5.74, 6) is 2.29. The van der Waals surface area contributed by atoms with E-state index in [1.165, 1.54) is 0 Å². The van der Waals surface area contributed by atoms with Crippen molar-refractivity contribution in [3.63, 3.8) is 0 Å². The van der Waals surface area contributed by atoms with Crippen LogP contribution in [0.15, 0.2) is 12.4 Å². The van der Waals surface area contributed by atoms with Crippen LogP contribution in [0.4, 0.5) is 5.82 Å². The van der Waals surface area contributed by atoms with Crippen molar-refractivity contribution in [3.05, 3.63) is 18.2 Å². The van der Waals surface area contributed by atoms with Crippen molar-refractivity contribution >= 4 is 17.3 Å². The summed E-state index contributed by atoms with van der Waals surface area (Å²) in [7, 11) is 0. The highest BCUT2D eigenvalue weighted by Crippen LogP contribution is 2.19. The van der Waals surface area contributed by atoms with Gasteiger partial charge in [0.2, 0.25) is 5.65 Å². The van der Waals surface area contributed by atoms with Crippen molar-refractivity contribution in [2.75, 3.05) is 18.0 Å². The Morgan fingerprint density at radius 1 is 1.45 bits per heavy atom. The molecule has 0 amide bonds. The standard InChI is InChI=1S/C13H21N7/c1-9(2)8-19(6-4-11(14)15)12-13-18-17-10(3)20(13)7-5-16-12/h5,7,9H,4,6,8H2,1-3H3,(H3,14,15). The maximum atomic E-state index is 7.40. The summed E-state index contributed by atoms with van der Waals surface area (Å²) in [5, 5.41) is 15.7. The van der Waals surface area contributed by atoms with Gasteiger partial charge in [0.25, 0.3) is 0 Å². The highest BCUT2D eigenvalue weighted by atomic mass is 15.3. The van der Waals surface area contributed by atoms with Crippen molar-refractivity contribution in [3.8, 4) is 0 Å². The summed E-state index contributed by atoms with van der Waals surface area (Å²) < 4.78 is 1.92. The lowest BCUT2D eigenvalue weighted by Crippen LogP contribution is -2.32. The van der Waals surface area contributed by atoms with Crippen LogP contribution in [0.2, 0.25) is 0 Å². The minimum absolute atomic E-state index is 0.184. The number of rotatable bonds is 6. The van der Waals surface area contributed by atoms with Crippen molar-refractivity contribution < 1.29 is 0 Å². The fraction of sp³-hybridized carbons (Fsp3) is 0.538. The van der Waals surface area contributed by atoms with Crippen molar-refractivity contribution in [1.29, 1.82) is 5.41 Å². The van der Waals surface area contributed by atoms with E-state index in [0.29, 0.717) is 18.9 Å². The zero-order chi connectivity index (χ0) is 14.7. The van der Waals surface area contributed by atoms with Crippen LogP contribution in [-0.4, -0.2) is 38.5 Å². The van der Waals surface area contributed by atoms with E-state index in [9.17, 15) is 0 Å². The molecular weight excluding hydrogens is 254 g/mol. The van der Waals surface area contributed by atoms with E-state index < -0.39 is 0 Å². The van der Waals surface area contributed by atoms with Crippen LogP contribution in [0.5, 0.6) is 0 Å². The summed E-state index contributed by atoms with van der Waals surface area (Å²) >= 11 is 0. The molecule has 0 atom stereocenters. The largest absolute Gasteiger partial charge is 0.388 e. The molecule has 2 rings (SSSR count). The van der Waals surface area contributed by atoms with Crippen molar-refractivity contribution in [2.24, 2.45) is 11.7 Å². The number of hydrogen-bond acceptors (Lipinski definition) is 5. The average Bonchev–Trinajstić information content (AvgIpc) is 2.76. The SMILES string of the molecule is Cc1nnc2c(N(CCC(=N)N)CC(C)C)nccn12. The van der Waals surface area contributed by atoms with Crippen molar-refractivity contribution in [1.82, 2.24) is 19.6 Å². The normalized spacial score (nSPS) is 11.2. The molecule has 2 heterocycles. The molecule has 108 valence electrons. The monoisotopic (exact) mass is 275 g/mol. The molecule has 3 N–H and O–H groups in total. The molecule has 0 aliphatic heterocycles. The van der Waals surface area contributed by atoms with Gasteiger partial charge in [-0.25, -0.2) is 4.98 Å². The van der Waals surface area contributed by atoms with Crippen LogP contribution in [0, 0.1) is 18.3 Å². The summed E-state index contributed by atoms with van der Waals surface area (Å²) in [6, 6.07) is 0. The smallest absolute Gasteiger partial charge is 0.203 e. The number of nitrogens with one attached hydrogen (secondary N) is 1. The maximum Gasteiger partial charge on any atom is 0.203 e. The lowest BCUT2D eigenvalue weighted by Gasteiger charge is -2.25. The number of aryl methyl sites for hydroxylation is 1. The molecule has 0 aliphatic carbocycles. The van der Waals surface area contributed by atoms with Crippen LogP contribution in [-0.2, 0) is 0 Å². The second kappa shape index (κ2) is 5.85. The summed E-state index contributed by atoms with van der Waals surface area (Å²) in [4.78, 5) is 6.56. The van der Waals surface area contributed by atoms with Crippen LogP contribution in [0.25, 0.3) is 5.65 Å². The number of amidine groups is 1. The molecule has 0 bridgehead atoms. The molecule has 0 aromatic carbocycles. The molecule has 20 heavy (non-hydrogen) atoms. The van der Waals surface area contributed by atoms with Gasteiger partial charge >= 0.3 is 0 Å². The zero-order valence-corrected chi connectivity index (χ0v) is 12.2. The third-order valence-electron chi connectivity index (χ3n) is 3.01. The van der Waals surface area contributed by atoms with Gasteiger partial charge in [0, 0.05) is 31.9 Å². The Kier molecular flexibility index (Phi) is 4.16. The number of nitrogens with two attached hydrogens (primary N) is 1. The number of anilines is 1. The highest BCUT2D eigenvalue weighted by molar-refractivity contribution is 5.77. The quantitative estimate of drug-likeness (QED) is 0.610. The Morgan fingerprint density at radius 3 is 2.85 bits per heavy atom. The molecule has 0 radical (unpaired) electrons. The summed E-state index contributed by atoms with van der Waals surface area (Å²) in [5.41, 5.74) is 6.21. The van der Waals surface area contributed by atoms with E-state index in [4.69, 9.17) is 11.1 Å². The van der Waals surface area contributed by atoms with Crippen LogP contribution >= 0.6 is 0 Å². The predicted octanol–water partition coefficient (Wildman–Crippen LogP) is 1.22. The van der Waals surface area contributed by atoms with Gasteiger partial charge in [0.05, 0.1) is 5.84 Å². The summed E-state index contributed by atoms with van der Waals surface area (Å²) in [6.07, 6.45) is 4.12. The molecule has 7 heteroatoms. The van der Waals surface area contributed by atoms with Crippen LogP contribution in [0.1, 0.15) is 26.1 Å². The molecule has 0 fully saturated rings. The minimum Gasteiger partial charge on any atom is -0.388 e. The van der Waals surface area contributed by atoms with E-state index >= 15 is 0 Å². The first-order valence-corrected chi connectivity index (χ1v) is 6.73. The predicted molar refractivity (Wildman–Crippen MR) is 79.1 cm³/mol.